The smallest absolute Gasteiger partial charge is 0.186 e. The minimum Gasteiger partial charge on any atom is -0.388 e. The molecule has 13 heavy (non-hydrogen) atoms. The van der Waals surface area contributed by atoms with Crippen molar-refractivity contribution in [1.82, 2.24) is 0 Å². The Labute approximate surface area is 75.9 Å². The molecule has 0 aromatic rings. The predicted octanol–water partition coefficient (Wildman–Crippen LogP) is -2.60. The maximum Gasteiger partial charge on any atom is 0.186 e. The third-order valence-electron chi connectivity index (χ3n) is 2.13. The zero-order valence-electron chi connectivity index (χ0n) is 7.33. The molecule has 1 rings (SSSR count). The van der Waals surface area contributed by atoms with Gasteiger partial charge in [0.15, 0.2) is 6.29 Å². The van der Waals surface area contributed by atoms with E-state index in [1.165, 1.54) is 7.11 Å². The highest BCUT2D eigenvalue weighted by Crippen LogP contribution is 2.20. The highest BCUT2D eigenvalue weighted by atomic mass is 16.7. The van der Waals surface area contributed by atoms with E-state index in [1.807, 2.05) is 0 Å². The standard InChI is InChI=1S/C7H15NO5/c1-12-7-6(11)5(10)4(9)3(2-8)13-7/h3-7,9-11H,2,8H2,1H3/t3?,4-,5-,6?,7+/m0/s1. The van der Waals surface area contributed by atoms with Crippen molar-refractivity contribution >= 4 is 0 Å². The summed E-state index contributed by atoms with van der Waals surface area (Å²) in [5, 5.41) is 28.0. The number of hydrogen-bond donors (Lipinski definition) is 4. The molecule has 6 heteroatoms. The minimum atomic E-state index is -1.28. The number of rotatable bonds is 2. The fourth-order valence-electron chi connectivity index (χ4n) is 1.31. The van der Waals surface area contributed by atoms with Crippen molar-refractivity contribution in [2.45, 2.75) is 30.7 Å². The molecular formula is C7H15NO5. The van der Waals surface area contributed by atoms with Crippen LogP contribution in [-0.4, -0.2) is 59.7 Å². The van der Waals surface area contributed by atoms with Gasteiger partial charge in [0.1, 0.15) is 24.4 Å². The molecular weight excluding hydrogens is 178 g/mol. The summed E-state index contributed by atoms with van der Waals surface area (Å²) in [5.41, 5.74) is 5.28. The lowest BCUT2D eigenvalue weighted by molar-refractivity contribution is -0.287. The first-order valence-corrected chi connectivity index (χ1v) is 4.04. The Kier molecular flexibility index (Phi) is 3.60. The van der Waals surface area contributed by atoms with Crippen molar-refractivity contribution in [3.8, 4) is 0 Å². The van der Waals surface area contributed by atoms with Gasteiger partial charge in [0.2, 0.25) is 0 Å². The topological polar surface area (TPSA) is 105 Å². The summed E-state index contributed by atoms with van der Waals surface area (Å²) in [6, 6.07) is 0. The Balaban J connectivity index is 2.66. The van der Waals surface area contributed by atoms with Gasteiger partial charge < -0.3 is 30.5 Å². The number of aliphatic hydroxyl groups excluding tert-OH is 3. The molecule has 5 N–H and O–H groups in total. The molecule has 0 saturated carbocycles. The van der Waals surface area contributed by atoms with Crippen LogP contribution in [0.5, 0.6) is 0 Å². The van der Waals surface area contributed by atoms with Crippen LogP contribution in [0, 0.1) is 0 Å². The Morgan fingerprint density at radius 1 is 1.23 bits per heavy atom. The van der Waals surface area contributed by atoms with Crippen LogP contribution in [0.2, 0.25) is 0 Å². The van der Waals surface area contributed by atoms with Gasteiger partial charge in [-0.15, -0.1) is 0 Å². The molecule has 1 heterocycles. The summed E-state index contributed by atoms with van der Waals surface area (Å²) in [6.07, 6.45) is -5.35. The second kappa shape index (κ2) is 4.32. The van der Waals surface area contributed by atoms with Crippen molar-refractivity contribution in [2.24, 2.45) is 5.73 Å². The van der Waals surface area contributed by atoms with Crippen LogP contribution in [0.1, 0.15) is 0 Å². The summed E-state index contributed by atoms with van der Waals surface area (Å²) < 4.78 is 9.83. The van der Waals surface area contributed by atoms with E-state index in [0.29, 0.717) is 0 Å². The summed E-state index contributed by atoms with van der Waals surface area (Å²) in [6.45, 7) is 0.0603. The zero-order valence-corrected chi connectivity index (χ0v) is 7.33. The Hall–Kier alpha value is -0.240. The highest BCUT2D eigenvalue weighted by molar-refractivity contribution is 4.89. The van der Waals surface area contributed by atoms with E-state index >= 15 is 0 Å². The molecule has 1 saturated heterocycles. The lowest BCUT2D eigenvalue weighted by Gasteiger charge is -2.39. The van der Waals surface area contributed by atoms with Crippen LogP contribution in [0.25, 0.3) is 0 Å². The van der Waals surface area contributed by atoms with Crippen LogP contribution in [0.3, 0.4) is 0 Å². The first kappa shape index (κ1) is 10.8. The SMILES string of the molecule is CO[C@@H]1OC(CN)[C@H](O)[C@H](O)C1O. The van der Waals surface area contributed by atoms with E-state index in [2.05, 4.69) is 0 Å². The van der Waals surface area contributed by atoms with E-state index < -0.39 is 30.7 Å². The van der Waals surface area contributed by atoms with Gasteiger partial charge in [-0.2, -0.15) is 0 Å². The van der Waals surface area contributed by atoms with Crippen molar-refractivity contribution in [3.05, 3.63) is 0 Å². The van der Waals surface area contributed by atoms with Gasteiger partial charge in [-0.25, -0.2) is 0 Å². The van der Waals surface area contributed by atoms with E-state index in [0.717, 1.165) is 0 Å². The lowest BCUT2D eigenvalue weighted by Crippen LogP contribution is -2.59. The molecule has 6 nitrogen and oxygen atoms in total. The third kappa shape index (κ3) is 1.98. The molecule has 0 radical (unpaired) electrons. The van der Waals surface area contributed by atoms with Gasteiger partial charge in [0.05, 0.1) is 0 Å². The Morgan fingerprint density at radius 2 is 1.85 bits per heavy atom. The van der Waals surface area contributed by atoms with Crippen molar-refractivity contribution in [1.29, 1.82) is 0 Å². The lowest BCUT2D eigenvalue weighted by atomic mass is 9.99. The van der Waals surface area contributed by atoms with E-state index in [-0.39, 0.29) is 6.54 Å². The molecule has 0 amide bonds. The summed E-state index contributed by atoms with van der Waals surface area (Å²) in [5.74, 6) is 0. The fraction of sp³-hybridized carbons (Fsp3) is 1.00. The van der Waals surface area contributed by atoms with Crippen LogP contribution < -0.4 is 5.73 Å². The maximum atomic E-state index is 9.35. The van der Waals surface area contributed by atoms with Crippen molar-refractivity contribution < 1.29 is 24.8 Å². The number of nitrogens with two attached hydrogens (primary N) is 1. The zero-order chi connectivity index (χ0) is 10.0. The molecule has 1 aliphatic heterocycles. The van der Waals surface area contributed by atoms with Gasteiger partial charge in [0.25, 0.3) is 0 Å². The Bertz CT molecular complexity index is 147. The van der Waals surface area contributed by atoms with Crippen LogP contribution in [0.4, 0.5) is 0 Å². The number of hydrogen-bond acceptors (Lipinski definition) is 6. The second-order valence-corrected chi connectivity index (χ2v) is 2.99. The summed E-state index contributed by atoms with van der Waals surface area (Å²) in [4.78, 5) is 0. The summed E-state index contributed by atoms with van der Waals surface area (Å²) in [7, 11) is 1.34. The van der Waals surface area contributed by atoms with Crippen LogP contribution >= 0.6 is 0 Å². The molecule has 0 spiro atoms. The van der Waals surface area contributed by atoms with Gasteiger partial charge in [-0.05, 0) is 0 Å². The first-order valence-electron chi connectivity index (χ1n) is 4.04. The fourth-order valence-corrected chi connectivity index (χ4v) is 1.31. The van der Waals surface area contributed by atoms with Gasteiger partial charge in [-0.1, -0.05) is 0 Å². The molecule has 2 unspecified atom stereocenters. The maximum absolute atomic E-state index is 9.35. The van der Waals surface area contributed by atoms with E-state index in [4.69, 9.17) is 15.2 Å². The van der Waals surface area contributed by atoms with Gasteiger partial charge in [-0.3, -0.25) is 0 Å². The number of aliphatic hydroxyl groups is 3. The largest absolute Gasteiger partial charge is 0.388 e. The van der Waals surface area contributed by atoms with E-state index in [9.17, 15) is 15.3 Å². The monoisotopic (exact) mass is 193 g/mol. The van der Waals surface area contributed by atoms with Crippen molar-refractivity contribution in [2.75, 3.05) is 13.7 Å². The number of ether oxygens (including phenoxy) is 2. The normalized spacial score (nSPS) is 46.4. The van der Waals surface area contributed by atoms with E-state index in [1.54, 1.807) is 0 Å². The average Bonchev–Trinajstić information content (AvgIpc) is 2.15. The molecule has 1 fully saturated rings. The van der Waals surface area contributed by atoms with Crippen LogP contribution in [0.15, 0.2) is 0 Å². The quantitative estimate of drug-likeness (QED) is 0.383. The third-order valence-corrected chi connectivity index (χ3v) is 2.13. The van der Waals surface area contributed by atoms with Gasteiger partial charge >= 0.3 is 0 Å². The highest BCUT2D eigenvalue weighted by Gasteiger charge is 2.43. The molecule has 0 aliphatic carbocycles. The molecule has 1 aliphatic rings. The van der Waals surface area contributed by atoms with Crippen LogP contribution in [-0.2, 0) is 9.47 Å². The molecule has 5 atom stereocenters. The first-order chi connectivity index (χ1) is 6.11. The summed E-state index contributed by atoms with van der Waals surface area (Å²) >= 11 is 0. The molecule has 0 aromatic carbocycles. The average molecular weight is 193 g/mol. The molecule has 0 bridgehead atoms. The van der Waals surface area contributed by atoms with Crippen molar-refractivity contribution in [3.63, 3.8) is 0 Å². The second-order valence-electron chi connectivity index (χ2n) is 2.99. The molecule has 0 aromatic heterocycles. The minimum absolute atomic E-state index is 0.0603. The molecule has 78 valence electrons. The number of methoxy groups -OCH3 is 1. The predicted molar refractivity (Wildman–Crippen MR) is 42.7 cm³/mol. The Morgan fingerprint density at radius 3 is 2.31 bits per heavy atom. The van der Waals surface area contributed by atoms with Gasteiger partial charge in [0, 0.05) is 13.7 Å².